The van der Waals surface area contributed by atoms with Crippen molar-refractivity contribution >= 4 is 0 Å². The van der Waals surface area contributed by atoms with Crippen molar-refractivity contribution in [1.82, 2.24) is 4.98 Å². The Morgan fingerprint density at radius 2 is 1.00 bits per heavy atom. The molecule has 0 radical (unpaired) electrons. The van der Waals surface area contributed by atoms with E-state index in [0.717, 1.165) is 16.7 Å². The highest BCUT2D eigenvalue weighted by molar-refractivity contribution is 5.96. The maximum atomic E-state index is 9.36. The van der Waals surface area contributed by atoms with E-state index in [-0.39, 0.29) is 5.41 Å². The molecule has 0 unspecified atom stereocenters. The minimum Gasteiger partial charge on any atom is -0.263 e. The molecule has 0 saturated heterocycles. The summed E-state index contributed by atoms with van der Waals surface area (Å²) in [5.41, 5.74) is 15.1. The summed E-state index contributed by atoms with van der Waals surface area (Å²) in [6.45, 7) is 0. The summed E-state index contributed by atoms with van der Waals surface area (Å²) < 4.78 is 0. The SMILES string of the molecule is N#Cc1cncc(-c2cccc(-c3ccc4c(c3)C3(c5ccccc5-c5ccccc53)c3ccccc3-4)c2)c1. The first kappa shape index (κ1) is 21.8. The molecule has 180 valence electrons. The van der Waals surface area contributed by atoms with Crippen LogP contribution < -0.4 is 0 Å². The normalized spacial score (nSPS) is 13.3. The van der Waals surface area contributed by atoms with Crippen molar-refractivity contribution in [3.63, 3.8) is 0 Å². The number of aromatic nitrogens is 1. The standard InChI is InChI=1S/C37H22N2/c38-21-24-18-28(23-39-22-24)26-9-7-8-25(19-26)27-16-17-32-31-12-3-6-15-35(31)37(36(32)20-27)33-13-4-1-10-29(33)30-11-2-5-14-34(30)37/h1-20,22-23H. The van der Waals surface area contributed by atoms with Crippen molar-refractivity contribution in [1.29, 1.82) is 5.26 Å². The predicted molar refractivity (Wildman–Crippen MR) is 156 cm³/mol. The fourth-order valence-electron chi connectivity index (χ4n) is 6.81. The molecule has 1 aromatic heterocycles. The smallest absolute Gasteiger partial charge is 0.101 e. The number of nitrogens with zero attached hydrogens (tertiary/aromatic N) is 2. The van der Waals surface area contributed by atoms with Gasteiger partial charge in [0.2, 0.25) is 0 Å². The molecule has 0 atom stereocenters. The second kappa shape index (κ2) is 8.12. The summed E-state index contributed by atoms with van der Waals surface area (Å²) in [7, 11) is 0. The van der Waals surface area contributed by atoms with Crippen LogP contribution in [0.2, 0.25) is 0 Å². The van der Waals surface area contributed by atoms with Crippen LogP contribution >= 0.6 is 0 Å². The fourth-order valence-corrected chi connectivity index (χ4v) is 6.81. The Morgan fingerprint density at radius 1 is 0.462 bits per heavy atom. The van der Waals surface area contributed by atoms with Gasteiger partial charge in [0.25, 0.3) is 0 Å². The lowest BCUT2D eigenvalue weighted by Gasteiger charge is -2.30. The molecule has 5 aromatic carbocycles. The highest BCUT2D eigenvalue weighted by atomic mass is 14.6. The largest absolute Gasteiger partial charge is 0.263 e. The van der Waals surface area contributed by atoms with Crippen LogP contribution in [0, 0.1) is 11.3 Å². The van der Waals surface area contributed by atoms with Crippen molar-refractivity contribution < 1.29 is 0 Å². The second-order valence-electron chi connectivity index (χ2n) is 10.3. The van der Waals surface area contributed by atoms with Crippen molar-refractivity contribution in [2.45, 2.75) is 5.41 Å². The Bertz CT molecular complexity index is 1930. The summed E-state index contributed by atoms with van der Waals surface area (Å²) in [4.78, 5) is 4.27. The number of nitriles is 1. The van der Waals surface area contributed by atoms with Crippen LogP contribution in [0.25, 0.3) is 44.5 Å². The molecule has 2 aliphatic carbocycles. The lowest BCUT2D eigenvalue weighted by molar-refractivity contribution is 0.794. The molecule has 0 fully saturated rings. The third-order valence-corrected chi connectivity index (χ3v) is 8.39. The van der Waals surface area contributed by atoms with Crippen LogP contribution in [-0.2, 0) is 5.41 Å². The third kappa shape index (κ3) is 2.93. The number of benzene rings is 5. The maximum Gasteiger partial charge on any atom is 0.101 e. The maximum absolute atomic E-state index is 9.36. The first-order valence-electron chi connectivity index (χ1n) is 13.2. The summed E-state index contributed by atoms with van der Waals surface area (Å²) >= 11 is 0. The van der Waals surface area contributed by atoms with Gasteiger partial charge in [0, 0.05) is 18.0 Å². The Kier molecular flexibility index (Phi) is 4.54. The van der Waals surface area contributed by atoms with Gasteiger partial charge in [-0.15, -0.1) is 0 Å². The van der Waals surface area contributed by atoms with Crippen LogP contribution in [0.15, 0.2) is 134 Å². The van der Waals surface area contributed by atoms with E-state index < -0.39 is 0 Å². The molecule has 0 saturated carbocycles. The van der Waals surface area contributed by atoms with E-state index in [1.165, 1.54) is 50.1 Å². The Balaban J connectivity index is 1.38. The van der Waals surface area contributed by atoms with Crippen molar-refractivity contribution in [3.8, 4) is 50.6 Å². The van der Waals surface area contributed by atoms with Gasteiger partial charge in [-0.3, -0.25) is 4.98 Å². The summed E-state index contributed by atoms with van der Waals surface area (Å²) in [5, 5.41) is 9.36. The number of pyridine rings is 1. The third-order valence-electron chi connectivity index (χ3n) is 8.39. The predicted octanol–water partition coefficient (Wildman–Crippen LogP) is 8.63. The highest BCUT2D eigenvalue weighted by Gasteiger charge is 2.51. The van der Waals surface area contributed by atoms with E-state index in [2.05, 4.69) is 126 Å². The van der Waals surface area contributed by atoms with E-state index in [4.69, 9.17) is 0 Å². The Labute approximate surface area is 227 Å². The molecule has 8 rings (SSSR count). The Hall–Kier alpha value is -5.26. The number of hydrogen-bond acceptors (Lipinski definition) is 2. The fraction of sp³-hybridized carbons (Fsp3) is 0.0270. The van der Waals surface area contributed by atoms with E-state index in [9.17, 15) is 5.26 Å². The van der Waals surface area contributed by atoms with E-state index in [1.807, 2.05) is 12.3 Å². The molecular weight excluding hydrogens is 472 g/mol. The van der Waals surface area contributed by atoms with E-state index in [1.54, 1.807) is 6.20 Å². The van der Waals surface area contributed by atoms with Gasteiger partial charge in [-0.1, -0.05) is 103 Å². The van der Waals surface area contributed by atoms with Crippen molar-refractivity contribution in [3.05, 3.63) is 162 Å². The quantitative estimate of drug-likeness (QED) is 0.241. The summed E-state index contributed by atoms with van der Waals surface area (Å²) in [5.74, 6) is 0. The van der Waals surface area contributed by atoms with Gasteiger partial charge in [0.05, 0.1) is 11.0 Å². The minimum absolute atomic E-state index is 0.349. The molecule has 0 aliphatic heterocycles. The van der Waals surface area contributed by atoms with Crippen LogP contribution in [0.1, 0.15) is 27.8 Å². The van der Waals surface area contributed by atoms with Crippen LogP contribution in [0.3, 0.4) is 0 Å². The van der Waals surface area contributed by atoms with Gasteiger partial charge < -0.3 is 0 Å². The lowest BCUT2D eigenvalue weighted by Crippen LogP contribution is -2.25. The molecule has 39 heavy (non-hydrogen) atoms. The molecule has 1 spiro atoms. The average Bonchev–Trinajstić information content (AvgIpc) is 3.48. The average molecular weight is 495 g/mol. The van der Waals surface area contributed by atoms with Gasteiger partial charge in [0.15, 0.2) is 0 Å². The van der Waals surface area contributed by atoms with Gasteiger partial charge in [-0.05, 0) is 79.4 Å². The van der Waals surface area contributed by atoms with E-state index in [0.29, 0.717) is 5.56 Å². The Morgan fingerprint density at radius 3 is 1.62 bits per heavy atom. The van der Waals surface area contributed by atoms with Gasteiger partial charge in [-0.2, -0.15) is 5.26 Å². The zero-order valence-corrected chi connectivity index (χ0v) is 21.1. The zero-order chi connectivity index (χ0) is 26.0. The number of hydrogen-bond donors (Lipinski definition) is 0. The van der Waals surface area contributed by atoms with Crippen molar-refractivity contribution in [2.24, 2.45) is 0 Å². The van der Waals surface area contributed by atoms with Crippen LogP contribution in [0.5, 0.6) is 0 Å². The summed E-state index contributed by atoms with van der Waals surface area (Å²) in [6.07, 6.45) is 3.42. The van der Waals surface area contributed by atoms with Crippen LogP contribution in [-0.4, -0.2) is 4.98 Å². The molecular formula is C37H22N2. The van der Waals surface area contributed by atoms with Gasteiger partial charge in [-0.25, -0.2) is 0 Å². The number of rotatable bonds is 2. The lowest BCUT2D eigenvalue weighted by atomic mass is 9.70. The minimum atomic E-state index is -0.349. The molecule has 1 heterocycles. The molecule has 2 aliphatic rings. The molecule has 2 heteroatoms. The van der Waals surface area contributed by atoms with Gasteiger partial charge >= 0.3 is 0 Å². The van der Waals surface area contributed by atoms with Gasteiger partial charge in [0.1, 0.15) is 6.07 Å². The highest BCUT2D eigenvalue weighted by Crippen LogP contribution is 2.62. The second-order valence-corrected chi connectivity index (χ2v) is 10.3. The topological polar surface area (TPSA) is 36.7 Å². The molecule has 6 aromatic rings. The summed E-state index contributed by atoms with van der Waals surface area (Å²) in [6, 6.07) is 46.2. The van der Waals surface area contributed by atoms with Crippen molar-refractivity contribution in [2.75, 3.05) is 0 Å². The van der Waals surface area contributed by atoms with E-state index >= 15 is 0 Å². The first-order valence-corrected chi connectivity index (χ1v) is 13.2. The molecule has 0 N–H and O–H groups in total. The monoisotopic (exact) mass is 494 g/mol. The first-order chi connectivity index (χ1) is 19.3. The zero-order valence-electron chi connectivity index (χ0n) is 21.1. The number of fused-ring (bicyclic) bond motifs is 10. The molecule has 0 bridgehead atoms. The molecule has 2 nitrogen and oxygen atoms in total. The molecule has 0 amide bonds. The van der Waals surface area contributed by atoms with Crippen LogP contribution in [0.4, 0.5) is 0 Å².